The standard InChI is InChI=1S/C18H15ClN4O/c19-14-4-6-15(7-5-14)23-18(24)13-9-17(11-20-10-13)22-12-16-3-1-2-8-21-16/h1-11,22H,12H2,(H,23,24). The number of nitrogens with one attached hydrogen (secondary N) is 2. The molecule has 0 saturated carbocycles. The fourth-order valence-corrected chi connectivity index (χ4v) is 2.22. The molecule has 3 rings (SSSR count). The van der Waals surface area contributed by atoms with Gasteiger partial charge < -0.3 is 10.6 Å². The average Bonchev–Trinajstić information content (AvgIpc) is 2.63. The Hall–Kier alpha value is -2.92. The zero-order chi connectivity index (χ0) is 16.8. The quantitative estimate of drug-likeness (QED) is 0.738. The van der Waals surface area contributed by atoms with Crippen molar-refractivity contribution in [1.82, 2.24) is 9.97 Å². The Morgan fingerprint density at radius 3 is 2.62 bits per heavy atom. The van der Waals surface area contributed by atoms with Crippen molar-refractivity contribution in [2.75, 3.05) is 10.6 Å². The predicted molar refractivity (Wildman–Crippen MR) is 95.2 cm³/mol. The average molecular weight is 339 g/mol. The third-order valence-electron chi connectivity index (χ3n) is 3.30. The molecule has 1 aromatic carbocycles. The van der Waals surface area contributed by atoms with Gasteiger partial charge >= 0.3 is 0 Å². The lowest BCUT2D eigenvalue weighted by atomic mass is 10.2. The van der Waals surface area contributed by atoms with Gasteiger partial charge in [-0.05, 0) is 42.5 Å². The molecule has 2 heterocycles. The lowest BCUT2D eigenvalue weighted by Crippen LogP contribution is -2.12. The largest absolute Gasteiger partial charge is 0.378 e. The van der Waals surface area contributed by atoms with E-state index < -0.39 is 0 Å². The van der Waals surface area contributed by atoms with E-state index in [1.165, 1.54) is 6.20 Å². The SMILES string of the molecule is O=C(Nc1ccc(Cl)cc1)c1cncc(NCc2ccccn2)c1. The fourth-order valence-electron chi connectivity index (χ4n) is 2.09. The summed E-state index contributed by atoms with van der Waals surface area (Å²) in [5.41, 5.74) is 2.81. The molecule has 0 bridgehead atoms. The molecule has 3 aromatic rings. The number of hydrogen-bond acceptors (Lipinski definition) is 4. The first-order valence-corrected chi connectivity index (χ1v) is 7.74. The topological polar surface area (TPSA) is 66.9 Å². The van der Waals surface area contributed by atoms with Gasteiger partial charge in [0.1, 0.15) is 0 Å². The smallest absolute Gasteiger partial charge is 0.257 e. The minimum Gasteiger partial charge on any atom is -0.378 e. The van der Waals surface area contributed by atoms with Crippen LogP contribution in [0.2, 0.25) is 5.02 Å². The van der Waals surface area contributed by atoms with Gasteiger partial charge in [-0.15, -0.1) is 0 Å². The molecule has 0 radical (unpaired) electrons. The van der Waals surface area contributed by atoms with Crippen LogP contribution in [0.15, 0.2) is 67.1 Å². The molecular formula is C18H15ClN4O. The van der Waals surface area contributed by atoms with E-state index >= 15 is 0 Å². The first kappa shape index (κ1) is 16.0. The number of rotatable bonds is 5. The highest BCUT2D eigenvalue weighted by molar-refractivity contribution is 6.30. The molecule has 0 atom stereocenters. The summed E-state index contributed by atoms with van der Waals surface area (Å²) < 4.78 is 0. The third kappa shape index (κ3) is 4.30. The minimum absolute atomic E-state index is 0.230. The molecule has 0 spiro atoms. The van der Waals surface area contributed by atoms with E-state index in [2.05, 4.69) is 20.6 Å². The van der Waals surface area contributed by atoms with E-state index in [0.29, 0.717) is 22.8 Å². The van der Waals surface area contributed by atoms with Crippen molar-refractivity contribution in [3.05, 3.63) is 83.4 Å². The molecule has 0 unspecified atom stereocenters. The van der Waals surface area contributed by atoms with Gasteiger partial charge in [-0.2, -0.15) is 0 Å². The summed E-state index contributed by atoms with van der Waals surface area (Å²) in [6.45, 7) is 0.560. The Morgan fingerprint density at radius 1 is 1.04 bits per heavy atom. The highest BCUT2D eigenvalue weighted by Crippen LogP contribution is 2.15. The molecule has 0 aliphatic carbocycles. The number of nitrogens with zero attached hydrogens (tertiary/aromatic N) is 2. The number of halogens is 1. The number of carbonyl (C=O) groups is 1. The summed E-state index contributed by atoms with van der Waals surface area (Å²) in [4.78, 5) is 20.7. The maximum Gasteiger partial charge on any atom is 0.257 e. The molecule has 0 aliphatic heterocycles. The summed E-state index contributed by atoms with van der Waals surface area (Å²) in [6.07, 6.45) is 4.93. The highest BCUT2D eigenvalue weighted by atomic mass is 35.5. The van der Waals surface area contributed by atoms with E-state index in [9.17, 15) is 4.79 Å². The Morgan fingerprint density at radius 2 is 1.88 bits per heavy atom. The van der Waals surface area contributed by atoms with Crippen LogP contribution in [-0.4, -0.2) is 15.9 Å². The zero-order valence-electron chi connectivity index (χ0n) is 12.7. The number of carbonyl (C=O) groups excluding carboxylic acids is 1. The molecular weight excluding hydrogens is 324 g/mol. The van der Waals surface area contributed by atoms with Gasteiger partial charge in [-0.1, -0.05) is 17.7 Å². The van der Waals surface area contributed by atoms with Crippen molar-refractivity contribution in [1.29, 1.82) is 0 Å². The second kappa shape index (κ2) is 7.57. The predicted octanol–water partition coefficient (Wildman–Crippen LogP) is 3.99. The molecule has 5 nitrogen and oxygen atoms in total. The molecule has 1 amide bonds. The van der Waals surface area contributed by atoms with Crippen LogP contribution in [0.5, 0.6) is 0 Å². The van der Waals surface area contributed by atoms with Gasteiger partial charge in [-0.3, -0.25) is 14.8 Å². The van der Waals surface area contributed by atoms with E-state index in [0.717, 1.165) is 11.4 Å². The Kier molecular flexibility index (Phi) is 5.03. The van der Waals surface area contributed by atoms with Crippen molar-refractivity contribution in [2.24, 2.45) is 0 Å². The molecule has 0 aliphatic rings. The first-order chi connectivity index (χ1) is 11.7. The molecule has 2 N–H and O–H groups in total. The molecule has 24 heavy (non-hydrogen) atoms. The van der Waals surface area contributed by atoms with Crippen molar-refractivity contribution in [2.45, 2.75) is 6.54 Å². The summed E-state index contributed by atoms with van der Waals surface area (Å²) in [5.74, 6) is -0.230. The van der Waals surface area contributed by atoms with Crippen LogP contribution >= 0.6 is 11.6 Å². The third-order valence-corrected chi connectivity index (χ3v) is 3.55. The number of benzene rings is 1. The summed E-state index contributed by atoms with van der Waals surface area (Å²) in [5, 5.41) is 6.63. The van der Waals surface area contributed by atoms with Gasteiger partial charge in [0.05, 0.1) is 23.5 Å². The van der Waals surface area contributed by atoms with Gasteiger partial charge in [0, 0.05) is 29.3 Å². The van der Waals surface area contributed by atoms with E-state index in [1.54, 1.807) is 42.7 Å². The van der Waals surface area contributed by atoms with Gasteiger partial charge in [0.15, 0.2) is 0 Å². The first-order valence-electron chi connectivity index (χ1n) is 7.36. The normalized spacial score (nSPS) is 10.2. The maximum absolute atomic E-state index is 12.3. The Labute approximate surface area is 144 Å². The number of pyridine rings is 2. The van der Waals surface area contributed by atoms with Crippen LogP contribution < -0.4 is 10.6 Å². The van der Waals surface area contributed by atoms with Crippen LogP contribution in [0.1, 0.15) is 16.1 Å². The van der Waals surface area contributed by atoms with Crippen molar-refractivity contribution in [3.63, 3.8) is 0 Å². The summed E-state index contributed by atoms with van der Waals surface area (Å²) >= 11 is 5.84. The molecule has 120 valence electrons. The number of amides is 1. The van der Waals surface area contributed by atoms with Crippen molar-refractivity contribution >= 4 is 28.9 Å². The lowest BCUT2D eigenvalue weighted by molar-refractivity contribution is 0.102. The van der Waals surface area contributed by atoms with Crippen LogP contribution in [0.4, 0.5) is 11.4 Å². The van der Waals surface area contributed by atoms with Crippen molar-refractivity contribution < 1.29 is 4.79 Å². The Balaban J connectivity index is 1.65. The fraction of sp³-hybridized carbons (Fsp3) is 0.0556. The second-order valence-corrected chi connectivity index (χ2v) is 5.53. The minimum atomic E-state index is -0.230. The van der Waals surface area contributed by atoms with Crippen molar-refractivity contribution in [3.8, 4) is 0 Å². The van der Waals surface area contributed by atoms with Gasteiger partial charge in [-0.25, -0.2) is 0 Å². The summed E-state index contributed by atoms with van der Waals surface area (Å²) in [7, 11) is 0. The van der Waals surface area contributed by atoms with E-state index in [1.807, 2.05) is 18.2 Å². The van der Waals surface area contributed by atoms with E-state index in [4.69, 9.17) is 11.6 Å². The number of hydrogen-bond donors (Lipinski definition) is 2. The summed E-state index contributed by atoms with van der Waals surface area (Å²) in [6, 6.07) is 14.4. The molecule has 6 heteroatoms. The molecule has 0 saturated heterocycles. The van der Waals surface area contributed by atoms with Crippen LogP contribution in [0.3, 0.4) is 0 Å². The monoisotopic (exact) mass is 338 g/mol. The Bertz CT molecular complexity index is 822. The van der Waals surface area contributed by atoms with Crippen LogP contribution in [-0.2, 0) is 6.54 Å². The highest BCUT2D eigenvalue weighted by Gasteiger charge is 2.08. The zero-order valence-corrected chi connectivity index (χ0v) is 13.5. The van der Waals surface area contributed by atoms with Crippen LogP contribution in [0, 0.1) is 0 Å². The second-order valence-electron chi connectivity index (χ2n) is 5.10. The number of aromatic nitrogens is 2. The molecule has 2 aromatic heterocycles. The van der Waals surface area contributed by atoms with Gasteiger partial charge in [0.25, 0.3) is 5.91 Å². The molecule has 0 fully saturated rings. The lowest BCUT2D eigenvalue weighted by Gasteiger charge is -2.08. The van der Waals surface area contributed by atoms with Gasteiger partial charge in [0.2, 0.25) is 0 Å². The number of anilines is 2. The van der Waals surface area contributed by atoms with Crippen LogP contribution in [0.25, 0.3) is 0 Å². The van der Waals surface area contributed by atoms with E-state index in [-0.39, 0.29) is 5.91 Å². The maximum atomic E-state index is 12.3.